The van der Waals surface area contributed by atoms with Crippen LogP contribution in [0.2, 0.25) is 0 Å². The Morgan fingerprint density at radius 3 is 3.05 bits per heavy atom. The second kappa shape index (κ2) is 7.60. The van der Waals surface area contributed by atoms with Gasteiger partial charge in [0.25, 0.3) is 5.56 Å². The first kappa shape index (κ1) is 15.3. The normalized spacial score (nSPS) is 18.0. The number of ether oxygens (including phenoxy) is 1. The van der Waals surface area contributed by atoms with E-state index in [1.54, 1.807) is 13.2 Å². The summed E-state index contributed by atoms with van der Waals surface area (Å²) in [5, 5.41) is 3.60. The number of nitrogens with zero attached hydrogens (tertiary/aromatic N) is 1. The smallest absolute Gasteiger partial charge is 0.250 e. The van der Waals surface area contributed by atoms with Gasteiger partial charge in [0.2, 0.25) is 0 Å². The van der Waals surface area contributed by atoms with E-state index in [1.165, 1.54) is 17.7 Å². The fraction of sp³-hybridized carbons (Fsp3) is 0.688. The zero-order valence-electron chi connectivity index (χ0n) is 12.7. The molecule has 0 saturated heterocycles. The lowest BCUT2D eigenvalue weighted by Gasteiger charge is -2.28. The number of methoxy groups -OCH3 is 1. The summed E-state index contributed by atoms with van der Waals surface area (Å²) in [4.78, 5) is 12.1. The molecule has 2 rings (SSSR count). The van der Waals surface area contributed by atoms with Crippen molar-refractivity contribution >= 4 is 0 Å². The van der Waals surface area contributed by atoms with Gasteiger partial charge in [-0.15, -0.1) is 0 Å². The van der Waals surface area contributed by atoms with Crippen LogP contribution < -0.4 is 10.9 Å². The molecule has 1 aromatic rings. The van der Waals surface area contributed by atoms with Crippen LogP contribution in [-0.4, -0.2) is 24.8 Å². The molecule has 0 aromatic carbocycles. The highest BCUT2D eigenvalue weighted by Gasteiger charge is 2.22. The van der Waals surface area contributed by atoms with Crippen LogP contribution in [0.15, 0.2) is 16.9 Å². The second-order valence-corrected chi connectivity index (χ2v) is 5.47. The Morgan fingerprint density at radius 1 is 1.45 bits per heavy atom. The van der Waals surface area contributed by atoms with Gasteiger partial charge >= 0.3 is 0 Å². The summed E-state index contributed by atoms with van der Waals surface area (Å²) in [5.41, 5.74) is 2.67. The van der Waals surface area contributed by atoms with Gasteiger partial charge in [-0.25, -0.2) is 0 Å². The van der Waals surface area contributed by atoms with E-state index in [4.69, 9.17) is 4.74 Å². The van der Waals surface area contributed by atoms with E-state index in [0.717, 1.165) is 38.8 Å². The Kier molecular flexibility index (Phi) is 5.80. The minimum atomic E-state index is 0.121. The predicted molar refractivity (Wildman–Crippen MR) is 81.2 cm³/mol. The van der Waals surface area contributed by atoms with Crippen molar-refractivity contribution in [1.82, 2.24) is 9.88 Å². The molecule has 4 nitrogen and oxygen atoms in total. The molecule has 1 unspecified atom stereocenters. The third-order valence-electron chi connectivity index (χ3n) is 3.98. The first-order valence-corrected chi connectivity index (χ1v) is 7.72. The molecule has 0 spiro atoms. The minimum absolute atomic E-state index is 0.121. The van der Waals surface area contributed by atoms with Gasteiger partial charge in [-0.3, -0.25) is 4.79 Å². The number of aromatic nitrogens is 1. The number of pyridine rings is 1. The zero-order chi connectivity index (χ0) is 14.4. The van der Waals surface area contributed by atoms with Crippen molar-refractivity contribution in [3.05, 3.63) is 33.7 Å². The fourth-order valence-electron chi connectivity index (χ4n) is 3.00. The molecule has 0 radical (unpaired) electrons. The topological polar surface area (TPSA) is 43.3 Å². The highest BCUT2D eigenvalue weighted by atomic mass is 16.5. The van der Waals surface area contributed by atoms with E-state index in [9.17, 15) is 4.79 Å². The van der Waals surface area contributed by atoms with Gasteiger partial charge in [0.1, 0.15) is 0 Å². The largest absolute Gasteiger partial charge is 0.385 e. The first-order valence-electron chi connectivity index (χ1n) is 7.72. The first-order chi connectivity index (χ1) is 9.77. The molecule has 1 atom stereocenters. The van der Waals surface area contributed by atoms with Crippen LogP contribution in [0.5, 0.6) is 0 Å². The summed E-state index contributed by atoms with van der Waals surface area (Å²) in [6.45, 7) is 4.68. The lowest BCUT2D eigenvalue weighted by Crippen LogP contribution is -2.32. The number of rotatable bonds is 7. The van der Waals surface area contributed by atoms with Crippen molar-refractivity contribution in [2.75, 3.05) is 20.3 Å². The lowest BCUT2D eigenvalue weighted by atomic mass is 9.90. The van der Waals surface area contributed by atoms with Crippen LogP contribution in [0.25, 0.3) is 0 Å². The van der Waals surface area contributed by atoms with Crippen LogP contribution in [0.3, 0.4) is 0 Å². The van der Waals surface area contributed by atoms with Crippen LogP contribution >= 0.6 is 0 Å². The van der Waals surface area contributed by atoms with Crippen molar-refractivity contribution < 1.29 is 4.74 Å². The summed E-state index contributed by atoms with van der Waals surface area (Å²) in [7, 11) is 1.70. The van der Waals surface area contributed by atoms with Gasteiger partial charge in [0.15, 0.2) is 0 Å². The molecule has 1 N–H and O–H groups in total. The maximum Gasteiger partial charge on any atom is 0.250 e. The monoisotopic (exact) mass is 278 g/mol. The molecule has 0 bridgehead atoms. The van der Waals surface area contributed by atoms with Crippen molar-refractivity contribution in [2.24, 2.45) is 0 Å². The fourth-order valence-corrected chi connectivity index (χ4v) is 3.00. The Morgan fingerprint density at radius 2 is 2.30 bits per heavy atom. The summed E-state index contributed by atoms with van der Waals surface area (Å²) in [6.07, 6.45) is 5.37. The molecule has 20 heavy (non-hydrogen) atoms. The third-order valence-corrected chi connectivity index (χ3v) is 3.98. The summed E-state index contributed by atoms with van der Waals surface area (Å²) >= 11 is 0. The molecule has 1 aromatic heterocycles. The number of nitrogens with one attached hydrogen (secondary N) is 1. The summed E-state index contributed by atoms with van der Waals surface area (Å²) in [5.74, 6) is 0. The second-order valence-electron chi connectivity index (χ2n) is 5.47. The summed E-state index contributed by atoms with van der Waals surface area (Å²) in [6, 6.07) is 4.15. The van der Waals surface area contributed by atoms with Crippen molar-refractivity contribution in [1.29, 1.82) is 0 Å². The average molecular weight is 278 g/mol. The molecular weight excluding hydrogens is 252 g/mol. The van der Waals surface area contributed by atoms with Gasteiger partial charge in [-0.2, -0.15) is 0 Å². The van der Waals surface area contributed by atoms with Crippen LogP contribution in [0.1, 0.15) is 49.9 Å². The molecule has 1 heterocycles. The van der Waals surface area contributed by atoms with Crippen molar-refractivity contribution in [2.45, 2.75) is 51.6 Å². The lowest BCUT2D eigenvalue weighted by molar-refractivity contribution is 0.189. The molecule has 0 amide bonds. The van der Waals surface area contributed by atoms with Crippen LogP contribution in [-0.2, 0) is 17.7 Å². The molecule has 112 valence electrons. The zero-order valence-corrected chi connectivity index (χ0v) is 12.7. The SMILES string of the molecule is CCCNC1CCCc2c1ccc(=O)n2CCCOC. The van der Waals surface area contributed by atoms with Gasteiger partial charge in [-0.1, -0.05) is 13.0 Å². The maximum atomic E-state index is 12.1. The highest BCUT2D eigenvalue weighted by Crippen LogP contribution is 2.28. The number of hydrogen-bond donors (Lipinski definition) is 1. The molecular formula is C16H26N2O2. The minimum Gasteiger partial charge on any atom is -0.385 e. The summed E-state index contributed by atoms with van der Waals surface area (Å²) < 4.78 is 7.05. The van der Waals surface area contributed by atoms with E-state index in [2.05, 4.69) is 12.2 Å². The van der Waals surface area contributed by atoms with E-state index >= 15 is 0 Å². The molecule has 0 aliphatic heterocycles. The Hall–Kier alpha value is -1.13. The Bertz CT molecular complexity index is 482. The van der Waals surface area contributed by atoms with Gasteiger partial charge in [-0.05, 0) is 44.2 Å². The van der Waals surface area contributed by atoms with Crippen molar-refractivity contribution in [3.63, 3.8) is 0 Å². The molecule has 4 heteroatoms. The molecule has 0 saturated carbocycles. The maximum absolute atomic E-state index is 12.1. The van der Waals surface area contributed by atoms with Gasteiger partial charge in [0, 0.05) is 38.1 Å². The molecule has 1 aliphatic carbocycles. The van der Waals surface area contributed by atoms with E-state index in [-0.39, 0.29) is 5.56 Å². The van der Waals surface area contributed by atoms with E-state index in [1.807, 2.05) is 10.6 Å². The third kappa shape index (κ3) is 3.49. The van der Waals surface area contributed by atoms with E-state index < -0.39 is 0 Å². The Balaban J connectivity index is 2.22. The quantitative estimate of drug-likeness (QED) is 0.778. The van der Waals surface area contributed by atoms with Gasteiger partial charge < -0.3 is 14.6 Å². The Labute approximate surface area is 121 Å². The molecule has 0 fully saturated rings. The van der Waals surface area contributed by atoms with Crippen LogP contribution in [0, 0.1) is 0 Å². The van der Waals surface area contributed by atoms with Gasteiger partial charge in [0.05, 0.1) is 0 Å². The molecule has 1 aliphatic rings. The highest BCUT2D eigenvalue weighted by molar-refractivity contribution is 5.27. The predicted octanol–water partition coefficient (Wildman–Crippen LogP) is 2.26. The number of hydrogen-bond acceptors (Lipinski definition) is 3. The van der Waals surface area contributed by atoms with E-state index in [0.29, 0.717) is 12.6 Å². The standard InChI is InChI=1S/C16H26N2O2/c1-3-10-17-14-6-4-7-15-13(14)8-9-16(19)18(15)11-5-12-20-2/h8-9,14,17H,3-7,10-12H2,1-2H3. The average Bonchev–Trinajstić information content (AvgIpc) is 2.47. The van der Waals surface area contributed by atoms with Crippen molar-refractivity contribution in [3.8, 4) is 0 Å². The van der Waals surface area contributed by atoms with Crippen LogP contribution in [0.4, 0.5) is 0 Å². The number of fused-ring (bicyclic) bond motifs is 1.